The predicted molar refractivity (Wildman–Crippen MR) is 180 cm³/mol. The predicted octanol–water partition coefficient (Wildman–Crippen LogP) is 6.36. The number of methoxy groups -OCH3 is 1. The molecule has 1 saturated carbocycles. The number of hydrogen-bond acceptors (Lipinski definition) is 9. The lowest BCUT2D eigenvalue weighted by Crippen LogP contribution is -2.53. The zero-order valence-corrected chi connectivity index (χ0v) is 28.0. The van der Waals surface area contributed by atoms with Gasteiger partial charge in [-0.3, -0.25) is 9.88 Å². The minimum Gasteiger partial charge on any atom is -0.468 e. The number of nitrogens with zero attached hydrogens (tertiary/aromatic N) is 5. The minimum atomic E-state index is -0.923. The number of hydrogen-bond donors (Lipinski definition) is 1. The maximum atomic E-state index is 17.1. The number of pyridine rings is 1. The number of aliphatic hydroxyl groups is 1. The lowest BCUT2D eigenvalue weighted by molar-refractivity contribution is 0.0238. The van der Waals surface area contributed by atoms with Gasteiger partial charge in [0, 0.05) is 44.9 Å². The first-order chi connectivity index (χ1) is 23.7. The second-order valence-electron chi connectivity index (χ2n) is 14.5. The largest absolute Gasteiger partial charge is 0.468 e. The molecule has 3 atom stereocenters. The van der Waals surface area contributed by atoms with Crippen molar-refractivity contribution in [1.82, 2.24) is 19.9 Å². The van der Waals surface area contributed by atoms with E-state index in [1.807, 2.05) is 11.8 Å². The molecule has 2 aromatic heterocycles. The van der Waals surface area contributed by atoms with E-state index in [1.165, 1.54) is 13.2 Å². The molecule has 260 valence electrons. The molecule has 1 unspecified atom stereocenters. The van der Waals surface area contributed by atoms with Crippen LogP contribution in [0.3, 0.4) is 0 Å². The Morgan fingerprint density at radius 1 is 1.04 bits per heavy atom. The summed E-state index contributed by atoms with van der Waals surface area (Å²) in [5.41, 5.74) is 0.336. The van der Waals surface area contributed by atoms with Gasteiger partial charge in [-0.15, -0.1) is 0 Å². The van der Waals surface area contributed by atoms with E-state index in [2.05, 4.69) is 14.9 Å². The van der Waals surface area contributed by atoms with Gasteiger partial charge in [0.15, 0.2) is 12.6 Å². The summed E-state index contributed by atoms with van der Waals surface area (Å²) < 4.78 is 64.1. The van der Waals surface area contributed by atoms with Gasteiger partial charge in [0.1, 0.15) is 41.4 Å². The van der Waals surface area contributed by atoms with E-state index in [1.54, 1.807) is 24.4 Å². The van der Waals surface area contributed by atoms with Crippen LogP contribution in [0.15, 0.2) is 30.5 Å². The molecule has 3 saturated heterocycles. The topological polar surface area (TPSA) is 93.1 Å². The van der Waals surface area contributed by atoms with Crippen molar-refractivity contribution in [2.24, 2.45) is 5.41 Å². The SMILES string of the molecule is CCc1c(F)ccc2cc(OCOC)cc(-c3ncc4c(N5CC(O)CC6(CCC6)C5)nc(OC[C@@]56CCCN5C[C@H](F)C6)nc4c3F)c12. The minimum absolute atomic E-state index is 0.00728. The molecule has 49 heavy (non-hydrogen) atoms. The van der Waals surface area contributed by atoms with Gasteiger partial charge in [-0.25, -0.2) is 13.2 Å². The van der Waals surface area contributed by atoms with Gasteiger partial charge < -0.3 is 24.2 Å². The fourth-order valence-corrected chi connectivity index (χ4v) is 8.95. The van der Waals surface area contributed by atoms with Gasteiger partial charge in [0.25, 0.3) is 0 Å². The number of halogens is 3. The molecule has 4 aromatic rings. The van der Waals surface area contributed by atoms with Gasteiger partial charge in [0.05, 0.1) is 17.0 Å². The number of β-amino-alcohol motifs (C(OH)–C–C–N with tert-alkyl or cyclic N) is 1. The van der Waals surface area contributed by atoms with Gasteiger partial charge in [0.2, 0.25) is 0 Å². The molecule has 0 radical (unpaired) electrons. The summed E-state index contributed by atoms with van der Waals surface area (Å²) in [6.45, 7) is 4.21. The van der Waals surface area contributed by atoms with Crippen LogP contribution < -0.4 is 14.4 Å². The third kappa shape index (κ3) is 5.65. The zero-order valence-electron chi connectivity index (χ0n) is 28.0. The molecule has 4 aliphatic rings. The normalized spacial score (nSPS) is 24.9. The Morgan fingerprint density at radius 3 is 2.67 bits per heavy atom. The molecule has 1 aliphatic carbocycles. The summed E-state index contributed by atoms with van der Waals surface area (Å²) in [4.78, 5) is 18.3. The van der Waals surface area contributed by atoms with Gasteiger partial charge in [-0.1, -0.05) is 19.4 Å². The van der Waals surface area contributed by atoms with Crippen molar-refractivity contribution in [3.05, 3.63) is 47.7 Å². The standard InChI is InChI=1S/C37H42F3N5O4/c1-3-26-29(39)7-6-22-12-25(49-21-47-2)13-27(30(22)26)32-31(40)33-28(16-41-32)34(44-18-24(46)15-36(19-44)8-4-9-36)43-35(42-33)48-20-37-10-5-11-45(37)17-23(38)14-37/h6-7,12-13,16,23-24,46H,3-5,8-11,14-15,17-21H2,1-2H3/t23-,24?,37+/m1/s1. The van der Waals surface area contributed by atoms with Crippen molar-refractivity contribution >= 4 is 27.5 Å². The zero-order chi connectivity index (χ0) is 33.9. The van der Waals surface area contributed by atoms with E-state index in [0.29, 0.717) is 71.3 Å². The van der Waals surface area contributed by atoms with Crippen LogP contribution in [-0.2, 0) is 11.2 Å². The van der Waals surface area contributed by atoms with E-state index < -0.39 is 23.6 Å². The van der Waals surface area contributed by atoms with Crippen molar-refractivity contribution in [2.75, 3.05) is 51.6 Å². The molecule has 4 fully saturated rings. The molecular weight excluding hydrogens is 635 g/mol. The highest BCUT2D eigenvalue weighted by atomic mass is 19.1. The highest BCUT2D eigenvalue weighted by Crippen LogP contribution is 2.49. The van der Waals surface area contributed by atoms with Crippen molar-refractivity contribution in [3.8, 4) is 23.0 Å². The number of anilines is 1. The van der Waals surface area contributed by atoms with Crippen molar-refractivity contribution in [3.63, 3.8) is 0 Å². The fraction of sp³-hybridized carbons (Fsp3) is 0.541. The van der Waals surface area contributed by atoms with Crippen LogP contribution in [0, 0.1) is 17.0 Å². The van der Waals surface area contributed by atoms with Crippen LogP contribution in [0.25, 0.3) is 32.9 Å². The molecular formula is C37H42F3N5O4. The summed E-state index contributed by atoms with van der Waals surface area (Å²) in [6, 6.07) is 6.47. The molecule has 9 nitrogen and oxygen atoms in total. The summed E-state index contributed by atoms with van der Waals surface area (Å²) >= 11 is 0. The molecule has 0 amide bonds. The smallest absolute Gasteiger partial charge is 0.319 e. The molecule has 1 N–H and O–H groups in total. The number of benzene rings is 2. The van der Waals surface area contributed by atoms with Gasteiger partial charge in [-0.2, -0.15) is 9.97 Å². The number of aromatic nitrogens is 3. The number of piperidine rings is 1. The number of fused-ring (bicyclic) bond motifs is 3. The summed E-state index contributed by atoms with van der Waals surface area (Å²) in [6.07, 6.45) is 6.45. The third-order valence-corrected chi connectivity index (χ3v) is 11.3. The highest BCUT2D eigenvalue weighted by molar-refractivity contribution is 6.01. The Labute approximate surface area is 283 Å². The first kappa shape index (κ1) is 32.5. The number of rotatable bonds is 9. The van der Waals surface area contributed by atoms with E-state index >= 15 is 8.78 Å². The van der Waals surface area contributed by atoms with E-state index in [4.69, 9.17) is 19.2 Å². The van der Waals surface area contributed by atoms with Crippen LogP contribution in [-0.4, -0.2) is 89.5 Å². The third-order valence-electron chi connectivity index (χ3n) is 11.3. The van der Waals surface area contributed by atoms with Crippen molar-refractivity contribution < 1.29 is 32.5 Å². The Bertz CT molecular complexity index is 1910. The molecule has 3 aliphatic heterocycles. The average molecular weight is 678 g/mol. The van der Waals surface area contributed by atoms with Crippen LogP contribution in [0.1, 0.15) is 57.4 Å². The summed E-state index contributed by atoms with van der Waals surface area (Å²) in [5.74, 6) is -0.229. The van der Waals surface area contributed by atoms with Crippen LogP contribution in [0.5, 0.6) is 11.8 Å². The van der Waals surface area contributed by atoms with E-state index in [0.717, 1.165) is 45.1 Å². The van der Waals surface area contributed by atoms with Crippen LogP contribution >= 0.6 is 0 Å². The maximum Gasteiger partial charge on any atom is 0.319 e. The van der Waals surface area contributed by atoms with Crippen molar-refractivity contribution in [1.29, 1.82) is 0 Å². The number of aryl methyl sites for hydroxylation is 1. The van der Waals surface area contributed by atoms with E-state index in [-0.39, 0.29) is 41.9 Å². The lowest BCUT2D eigenvalue weighted by Gasteiger charge is -2.50. The summed E-state index contributed by atoms with van der Waals surface area (Å²) in [7, 11) is 1.51. The molecule has 0 bridgehead atoms. The van der Waals surface area contributed by atoms with E-state index in [9.17, 15) is 9.50 Å². The van der Waals surface area contributed by atoms with Gasteiger partial charge in [-0.05, 0) is 85.0 Å². The summed E-state index contributed by atoms with van der Waals surface area (Å²) in [5, 5.41) is 12.6. The van der Waals surface area contributed by atoms with Crippen LogP contribution in [0.4, 0.5) is 19.0 Å². The second-order valence-corrected chi connectivity index (χ2v) is 14.5. The Morgan fingerprint density at radius 2 is 1.90 bits per heavy atom. The molecule has 2 aromatic carbocycles. The highest BCUT2D eigenvalue weighted by Gasteiger charge is 2.49. The quantitative estimate of drug-likeness (QED) is 0.203. The van der Waals surface area contributed by atoms with Crippen LogP contribution in [0.2, 0.25) is 0 Å². The first-order valence-corrected chi connectivity index (χ1v) is 17.4. The fourth-order valence-electron chi connectivity index (χ4n) is 8.95. The second kappa shape index (κ2) is 12.5. The Kier molecular flexibility index (Phi) is 8.31. The van der Waals surface area contributed by atoms with Crippen molar-refractivity contribution in [2.45, 2.75) is 76.1 Å². The Hall–Kier alpha value is -3.74. The first-order valence-electron chi connectivity index (χ1n) is 17.4. The van der Waals surface area contributed by atoms with Gasteiger partial charge >= 0.3 is 6.01 Å². The molecule has 1 spiro atoms. The molecule has 8 rings (SSSR count). The number of alkyl halides is 1. The molecule has 5 heterocycles. The molecule has 12 heteroatoms. The lowest BCUT2D eigenvalue weighted by atomic mass is 9.64. The monoisotopic (exact) mass is 677 g/mol. The Balaban J connectivity index is 1.28. The maximum absolute atomic E-state index is 17.1. The number of aliphatic hydroxyl groups excluding tert-OH is 1. The average Bonchev–Trinajstić information content (AvgIpc) is 3.61. The number of ether oxygens (including phenoxy) is 3.